The van der Waals surface area contributed by atoms with Crippen LogP contribution in [-0.4, -0.2) is 44.2 Å². The number of esters is 2. The van der Waals surface area contributed by atoms with E-state index in [4.69, 9.17) is 17.2 Å². The molecule has 34 heavy (non-hydrogen) atoms. The fourth-order valence-electron chi connectivity index (χ4n) is 2.38. The number of ether oxygens (including phenoxy) is 2. The Morgan fingerprint density at radius 2 is 1.29 bits per heavy atom. The SMILES string of the molecule is C.C.COC(=O)CCNc1cc(N)ccc1N.COC(=O)CCNc1cc(N)ccc1[N+](=O)[O-]. The Kier molecular flexibility index (Phi) is 15.4. The Bertz CT molecular complexity index is 938. The molecule has 0 radical (unpaired) electrons. The molecule has 0 amide bonds. The fraction of sp³-hybridized carbons (Fsp3) is 0.364. The van der Waals surface area contributed by atoms with Crippen LogP contribution in [0.1, 0.15) is 27.7 Å². The third kappa shape index (κ3) is 11.4. The number of carbonyl (C=O) groups excluding carboxylic acids is 2. The lowest BCUT2D eigenvalue weighted by Crippen LogP contribution is -2.10. The van der Waals surface area contributed by atoms with Crippen molar-refractivity contribution in [3.63, 3.8) is 0 Å². The van der Waals surface area contributed by atoms with Gasteiger partial charge in [-0.05, 0) is 30.3 Å². The summed E-state index contributed by atoms with van der Waals surface area (Å²) in [5, 5.41) is 16.5. The number of nitro benzene ring substituents is 1. The fourth-order valence-corrected chi connectivity index (χ4v) is 2.38. The van der Waals surface area contributed by atoms with Gasteiger partial charge in [0, 0.05) is 30.5 Å². The third-order valence-electron chi connectivity index (χ3n) is 4.04. The Labute approximate surface area is 199 Å². The van der Waals surface area contributed by atoms with Crippen molar-refractivity contribution in [3.8, 4) is 0 Å². The molecule has 0 fully saturated rings. The first kappa shape index (κ1) is 32.0. The number of hydrogen-bond acceptors (Lipinski definition) is 11. The molecule has 0 atom stereocenters. The van der Waals surface area contributed by atoms with Gasteiger partial charge in [0.15, 0.2) is 0 Å². The molecule has 0 saturated heterocycles. The van der Waals surface area contributed by atoms with Gasteiger partial charge in [-0.3, -0.25) is 19.7 Å². The summed E-state index contributed by atoms with van der Waals surface area (Å²) in [5.74, 6) is -0.644. The average Bonchev–Trinajstić information content (AvgIpc) is 2.76. The van der Waals surface area contributed by atoms with Gasteiger partial charge in [0.25, 0.3) is 5.69 Å². The number of nitrogens with zero attached hydrogens (tertiary/aromatic N) is 1. The summed E-state index contributed by atoms with van der Waals surface area (Å²) in [6.07, 6.45) is 0.424. The molecule has 2 aromatic rings. The highest BCUT2D eigenvalue weighted by Gasteiger charge is 2.13. The highest BCUT2D eigenvalue weighted by Crippen LogP contribution is 2.26. The van der Waals surface area contributed by atoms with Gasteiger partial charge in [-0.1, -0.05) is 14.9 Å². The molecule has 8 N–H and O–H groups in total. The molecule has 0 unspecified atom stereocenters. The molecule has 0 aliphatic carbocycles. The number of nitrogens with one attached hydrogen (secondary N) is 2. The lowest BCUT2D eigenvalue weighted by Gasteiger charge is -2.09. The Morgan fingerprint density at radius 1 is 0.853 bits per heavy atom. The second-order valence-electron chi connectivity index (χ2n) is 6.39. The minimum Gasteiger partial charge on any atom is -0.469 e. The van der Waals surface area contributed by atoms with Crippen LogP contribution in [0.4, 0.5) is 34.1 Å². The maximum absolute atomic E-state index is 10.9. The van der Waals surface area contributed by atoms with Crippen LogP contribution in [0.3, 0.4) is 0 Å². The summed E-state index contributed by atoms with van der Waals surface area (Å²) in [5.41, 5.74) is 19.4. The minimum absolute atomic E-state index is 0. The van der Waals surface area contributed by atoms with E-state index in [1.54, 1.807) is 18.2 Å². The van der Waals surface area contributed by atoms with Crippen molar-refractivity contribution in [2.24, 2.45) is 0 Å². The average molecular weight is 481 g/mol. The molecule has 2 aromatic carbocycles. The molecule has 12 nitrogen and oxygen atoms in total. The maximum atomic E-state index is 10.9. The zero-order valence-corrected chi connectivity index (χ0v) is 17.9. The monoisotopic (exact) mass is 480 g/mol. The van der Waals surface area contributed by atoms with E-state index in [1.807, 2.05) is 0 Å². The van der Waals surface area contributed by atoms with Gasteiger partial charge in [-0.25, -0.2) is 0 Å². The molecule has 0 aliphatic heterocycles. The molecule has 0 aliphatic rings. The Balaban J connectivity index is 0. The van der Waals surface area contributed by atoms with Crippen molar-refractivity contribution in [1.29, 1.82) is 0 Å². The molecule has 0 saturated carbocycles. The molecule has 12 heteroatoms. The van der Waals surface area contributed by atoms with Crippen LogP contribution in [0.25, 0.3) is 0 Å². The number of nitrogen functional groups attached to an aromatic ring is 3. The number of nitro groups is 1. The zero-order valence-electron chi connectivity index (χ0n) is 17.9. The van der Waals surface area contributed by atoms with E-state index >= 15 is 0 Å². The van der Waals surface area contributed by atoms with Crippen molar-refractivity contribution in [2.45, 2.75) is 27.7 Å². The summed E-state index contributed by atoms with van der Waals surface area (Å²) >= 11 is 0. The van der Waals surface area contributed by atoms with Crippen LogP contribution in [0.15, 0.2) is 36.4 Å². The molecular formula is C22H36N6O6. The number of rotatable bonds is 9. The van der Waals surface area contributed by atoms with Gasteiger partial charge in [0.1, 0.15) is 5.69 Å². The van der Waals surface area contributed by atoms with E-state index < -0.39 is 4.92 Å². The summed E-state index contributed by atoms with van der Waals surface area (Å²) in [4.78, 5) is 31.9. The van der Waals surface area contributed by atoms with Gasteiger partial charge in [0.05, 0.1) is 43.4 Å². The smallest absolute Gasteiger partial charge is 0.307 e. The Morgan fingerprint density at radius 3 is 1.76 bits per heavy atom. The predicted octanol–water partition coefficient (Wildman–Crippen LogP) is 3.25. The lowest BCUT2D eigenvalue weighted by molar-refractivity contribution is -0.383. The third-order valence-corrected chi connectivity index (χ3v) is 4.04. The standard InChI is InChI=1S/C10H13N3O4.C10H15N3O2.2CH4/c1-17-10(14)4-5-12-8-6-7(11)2-3-9(8)13(15)16;1-15-10(14)4-5-13-9-6-7(11)2-3-8(9)12;;/h2-3,6,12H,4-5,11H2,1H3;2-3,6,13H,4-5,11-12H2,1H3;2*1H4. The van der Waals surface area contributed by atoms with Crippen molar-refractivity contribution in [3.05, 3.63) is 46.5 Å². The van der Waals surface area contributed by atoms with Gasteiger partial charge in [-0.15, -0.1) is 0 Å². The first-order valence-corrected chi connectivity index (χ1v) is 9.48. The molecule has 190 valence electrons. The highest BCUT2D eigenvalue weighted by molar-refractivity contribution is 5.73. The molecule has 0 heterocycles. The summed E-state index contributed by atoms with van der Waals surface area (Å²) in [6, 6.07) is 9.39. The van der Waals surface area contributed by atoms with E-state index in [0.29, 0.717) is 35.7 Å². The number of benzene rings is 2. The number of methoxy groups -OCH3 is 2. The summed E-state index contributed by atoms with van der Waals surface area (Å²) in [7, 11) is 2.64. The Hall–Kier alpha value is -4.22. The largest absolute Gasteiger partial charge is 0.469 e. The second kappa shape index (κ2) is 16.4. The molecule has 0 bridgehead atoms. The number of nitrogens with two attached hydrogens (primary N) is 3. The van der Waals surface area contributed by atoms with Gasteiger partial charge >= 0.3 is 11.9 Å². The topological polar surface area (TPSA) is 198 Å². The van der Waals surface area contributed by atoms with Crippen LogP contribution in [-0.2, 0) is 19.1 Å². The number of hydrogen-bond donors (Lipinski definition) is 5. The summed E-state index contributed by atoms with van der Waals surface area (Å²) < 4.78 is 8.96. The number of carbonyl (C=O) groups is 2. The van der Waals surface area contributed by atoms with Crippen LogP contribution in [0.5, 0.6) is 0 Å². The van der Waals surface area contributed by atoms with Crippen LogP contribution in [0.2, 0.25) is 0 Å². The number of anilines is 5. The van der Waals surface area contributed by atoms with E-state index in [0.717, 1.165) is 5.69 Å². The first-order chi connectivity index (χ1) is 15.2. The van der Waals surface area contributed by atoms with Crippen molar-refractivity contribution >= 4 is 46.1 Å². The van der Waals surface area contributed by atoms with Gasteiger partial charge < -0.3 is 37.3 Å². The summed E-state index contributed by atoms with van der Waals surface area (Å²) in [6.45, 7) is 0.720. The zero-order chi connectivity index (χ0) is 24.1. The van der Waals surface area contributed by atoms with Crippen molar-refractivity contribution in [1.82, 2.24) is 0 Å². The first-order valence-electron chi connectivity index (χ1n) is 9.48. The highest BCUT2D eigenvalue weighted by atomic mass is 16.6. The van der Waals surface area contributed by atoms with Crippen LogP contribution >= 0.6 is 0 Å². The van der Waals surface area contributed by atoms with Gasteiger partial charge in [-0.2, -0.15) is 0 Å². The quantitative estimate of drug-likeness (QED) is 0.153. The predicted molar refractivity (Wildman–Crippen MR) is 136 cm³/mol. The second-order valence-corrected chi connectivity index (χ2v) is 6.39. The van der Waals surface area contributed by atoms with Crippen LogP contribution < -0.4 is 27.8 Å². The van der Waals surface area contributed by atoms with E-state index in [-0.39, 0.29) is 45.4 Å². The van der Waals surface area contributed by atoms with Gasteiger partial charge in [0.2, 0.25) is 0 Å². The van der Waals surface area contributed by atoms with E-state index in [1.165, 1.54) is 32.4 Å². The minimum atomic E-state index is -0.514. The van der Waals surface area contributed by atoms with E-state index in [2.05, 4.69) is 20.1 Å². The normalized spacial score (nSPS) is 9.12. The van der Waals surface area contributed by atoms with E-state index in [9.17, 15) is 19.7 Å². The molecule has 0 aromatic heterocycles. The molecular weight excluding hydrogens is 444 g/mol. The van der Waals surface area contributed by atoms with Crippen molar-refractivity contribution < 1.29 is 24.0 Å². The molecule has 0 spiro atoms. The van der Waals surface area contributed by atoms with Crippen molar-refractivity contribution in [2.75, 3.05) is 55.1 Å². The lowest BCUT2D eigenvalue weighted by atomic mass is 10.2. The van der Waals surface area contributed by atoms with Crippen LogP contribution in [0, 0.1) is 10.1 Å². The maximum Gasteiger partial charge on any atom is 0.307 e. The molecule has 2 rings (SSSR count).